The molecule has 0 aliphatic carbocycles. The predicted molar refractivity (Wildman–Crippen MR) is 190 cm³/mol. The molecule has 1 aliphatic rings. The summed E-state index contributed by atoms with van der Waals surface area (Å²) < 4.78 is 19.1. The Morgan fingerprint density at radius 3 is 1.98 bits per heavy atom. The third-order valence-electron chi connectivity index (χ3n) is 8.94. The van der Waals surface area contributed by atoms with Gasteiger partial charge in [0.1, 0.15) is 5.82 Å². The van der Waals surface area contributed by atoms with E-state index in [0.29, 0.717) is 17.5 Å². The number of carbonyl (C=O) groups is 2. The highest BCUT2D eigenvalue weighted by molar-refractivity contribution is 6.04. The normalized spacial score (nSPS) is 14.6. The molecule has 2 aromatic rings. The molecular formula is C41H58FNO4. The molecule has 6 heteroatoms. The monoisotopic (exact) mass is 647 g/mol. The van der Waals surface area contributed by atoms with Crippen molar-refractivity contribution >= 4 is 11.9 Å². The van der Waals surface area contributed by atoms with Gasteiger partial charge in [0.25, 0.3) is 0 Å². The number of nitrogens with zero attached hydrogens (tertiary/aromatic N) is 1. The highest BCUT2D eigenvalue weighted by Crippen LogP contribution is 2.35. The van der Waals surface area contributed by atoms with Crippen LogP contribution in [0.15, 0.2) is 59.9 Å². The number of allylic oxidation sites excluding steroid dienone is 4. The van der Waals surface area contributed by atoms with Gasteiger partial charge < -0.3 is 9.57 Å². The minimum atomic E-state index is -0.556. The molecule has 0 N–H and O–H groups in total. The van der Waals surface area contributed by atoms with E-state index in [1.54, 1.807) is 24.1 Å². The van der Waals surface area contributed by atoms with Crippen molar-refractivity contribution in [1.82, 2.24) is 5.06 Å². The molecule has 0 aromatic heterocycles. The summed E-state index contributed by atoms with van der Waals surface area (Å²) in [6.07, 6.45) is 19.6. The van der Waals surface area contributed by atoms with Gasteiger partial charge in [-0.1, -0.05) is 116 Å². The number of hydroxylamine groups is 2. The lowest BCUT2D eigenvalue weighted by Gasteiger charge is -2.33. The Bertz CT molecular complexity index is 1340. The van der Waals surface area contributed by atoms with E-state index in [-0.39, 0.29) is 24.3 Å². The zero-order valence-electron chi connectivity index (χ0n) is 29.8. The largest absolute Gasteiger partial charge is 0.462 e. The minimum Gasteiger partial charge on any atom is -0.462 e. The number of ether oxygens (including phenoxy) is 1. The van der Waals surface area contributed by atoms with E-state index in [0.717, 1.165) is 66.6 Å². The van der Waals surface area contributed by atoms with E-state index in [1.165, 1.54) is 57.1 Å². The molecule has 0 saturated carbocycles. The van der Waals surface area contributed by atoms with E-state index in [2.05, 4.69) is 39.8 Å². The van der Waals surface area contributed by atoms with Crippen molar-refractivity contribution < 1.29 is 23.6 Å². The van der Waals surface area contributed by atoms with Gasteiger partial charge in [-0.25, -0.2) is 14.0 Å². The van der Waals surface area contributed by atoms with Crippen LogP contribution in [0.1, 0.15) is 162 Å². The summed E-state index contributed by atoms with van der Waals surface area (Å²) in [5.74, 6) is -1.36. The van der Waals surface area contributed by atoms with Gasteiger partial charge in [-0.3, -0.25) is 0 Å². The highest BCUT2D eigenvalue weighted by atomic mass is 19.1. The van der Waals surface area contributed by atoms with Crippen LogP contribution in [0.25, 0.3) is 0 Å². The smallest absolute Gasteiger partial charge is 0.364 e. The van der Waals surface area contributed by atoms with Crippen LogP contribution < -0.4 is 0 Å². The van der Waals surface area contributed by atoms with Crippen LogP contribution in [0, 0.1) is 11.7 Å². The molecule has 1 unspecified atom stereocenters. The molecule has 0 saturated heterocycles. The Kier molecular flexibility index (Phi) is 16.2. The van der Waals surface area contributed by atoms with Crippen molar-refractivity contribution in [2.75, 3.05) is 6.61 Å². The van der Waals surface area contributed by atoms with Crippen LogP contribution in [-0.4, -0.2) is 23.6 Å². The van der Waals surface area contributed by atoms with Crippen LogP contribution in [0.5, 0.6) is 0 Å². The molecule has 0 amide bonds. The van der Waals surface area contributed by atoms with Crippen molar-refractivity contribution in [2.45, 2.75) is 137 Å². The number of halogens is 1. The van der Waals surface area contributed by atoms with Crippen LogP contribution in [0.4, 0.5) is 4.39 Å². The van der Waals surface area contributed by atoms with Crippen molar-refractivity contribution in [1.29, 1.82) is 0 Å². The van der Waals surface area contributed by atoms with Crippen molar-refractivity contribution in [2.24, 2.45) is 5.92 Å². The lowest BCUT2D eigenvalue weighted by atomic mass is 9.91. The molecule has 0 fully saturated rings. The molecular weight excluding hydrogens is 589 g/mol. The van der Waals surface area contributed by atoms with Gasteiger partial charge in [0.05, 0.1) is 29.1 Å². The van der Waals surface area contributed by atoms with E-state index >= 15 is 0 Å². The predicted octanol–water partition coefficient (Wildman–Crippen LogP) is 11.4. The van der Waals surface area contributed by atoms with Gasteiger partial charge >= 0.3 is 11.9 Å². The first-order valence-electron chi connectivity index (χ1n) is 18.2. The molecule has 5 nitrogen and oxygen atoms in total. The average Bonchev–Trinajstić information content (AvgIpc) is 3.05. The molecule has 3 rings (SSSR count). The molecule has 47 heavy (non-hydrogen) atoms. The lowest BCUT2D eigenvalue weighted by Crippen LogP contribution is -2.31. The summed E-state index contributed by atoms with van der Waals surface area (Å²) in [7, 11) is 0. The summed E-state index contributed by atoms with van der Waals surface area (Å²) in [6, 6.07) is 10.5. The first-order valence-corrected chi connectivity index (χ1v) is 18.2. The van der Waals surface area contributed by atoms with Gasteiger partial charge in [0, 0.05) is 5.92 Å². The van der Waals surface area contributed by atoms with Crippen molar-refractivity contribution in [3.8, 4) is 0 Å². The molecule has 0 radical (unpaired) electrons. The zero-order valence-corrected chi connectivity index (χ0v) is 29.8. The number of carbonyl (C=O) groups excluding carboxylic acids is 2. The average molecular weight is 648 g/mol. The molecule has 0 spiro atoms. The van der Waals surface area contributed by atoms with Crippen LogP contribution in [-0.2, 0) is 22.4 Å². The number of benzene rings is 2. The summed E-state index contributed by atoms with van der Waals surface area (Å²) in [4.78, 5) is 33.9. The van der Waals surface area contributed by atoms with E-state index in [1.807, 2.05) is 19.1 Å². The standard InChI is InChI=1S/C41H58FNO4/c1-7-10-12-14-16-18-20-32-27-34(21-19-17-15-13-11-8-2)39(37(28-32)40(44)46-9-3)41(45)47-43-31(6)26-35(29-38(43)30(4)5)33-22-24-36(42)25-23-33/h22-30,35H,7-21H2,1-6H3. The second-order valence-corrected chi connectivity index (χ2v) is 13.2. The van der Waals surface area contributed by atoms with Crippen LogP contribution in [0.2, 0.25) is 0 Å². The zero-order chi connectivity index (χ0) is 34.2. The summed E-state index contributed by atoms with van der Waals surface area (Å²) in [5.41, 5.74) is 5.08. The Morgan fingerprint density at radius 1 is 0.787 bits per heavy atom. The van der Waals surface area contributed by atoms with Crippen molar-refractivity contribution in [3.63, 3.8) is 0 Å². The Morgan fingerprint density at radius 2 is 1.38 bits per heavy atom. The van der Waals surface area contributed by atoms with Gasteiger partial charge in [0.2, 0.25) is 0 Å². The molecule has 1 aliphatic heterocycles. The molecule has 258 valence electrons. The number of hydrogen-bond acceptors (Lipinski definition) is 5. The highest BCUT2D eigenvalue weighted by Gasteiger charge is 2.30. The molecule has 2 aromatic carbocycles. The van der Waals surface area contributed by atoms with E-state index < -0.39 is 11.9 Å². The first-order chi connectivity index (χ1) is 22.7. The van der Waals surface area contributed by atoms with Gasteiger partial charge in [-0.2, -0.15) is 5.06 Å². The quantitative estimate of drug-likeness (QED) is 0.106. The number of aryl methyl sites for hydroxylation is 2. The van der Waals surface area contributed by atoms with E-state index in [9.17, 15) is 14.0 Å². The SMILES string of the molecule is CCCCCCCCc1cc(CCCCCCCC)c(C(=O)ON2C(C)=CC(c3ccc(F)cc3)C=C2C(C)C)c(C(=O)OCC)c1. The number of rotatable bonds is 20. The van der Waals surface area contributed by atoms with Crippen LogP contribution >= 0.6 is 0 Å². The summed E-state index contributed by atoms with van der Waals surface area (Å²) >= 11 is 0. The molecule has 1 atom stereocenters. The second-order valence-electron chi connectivity index (χ2n) is 13.2. The Hall–Kier alpha value is -3.41. The Balaban J connectivity index is 1.94. The number of esters is 1. The fraction of sp³-hybridized carbons (Fsp3) is 0.561. The third-order valence-corrected chi connectivity index (χ3v) is 8.94. The summed E-state index contributed by atoms with van der Waals surface area (Å²) in [6.45, 7) is 12.5. The van der Waals surface area contributed by atoms with Crippen molar-refractivity contribution in [3.05, 3.63) is 93.6 Å². The minimum absolute atomic E-state index is 0.0428. The van der Waals surface area contributed by atoms with Gasteiger partial charge in [-0.15, -0.1) is 0 Å². The summed E-state index contributed by atoms with van der Waals surface area (Å²) in [5, 5.41) is 1.60. The third kappa shape index (κ3) is 11.7. The first kappa shape index (κ1) is 38.0. The van der Waals surface area contributed by atoms with Gasteiger partial charge in [-0.05, 0) is 86.4 Å². The number of unbranched alkanes of at least 4 members (excludes halogenated alkanes) is 10. The maximum absolute atomic E-state index is 14.2. The van der Waals surface area contributed by atoms with E-state index in [4.69, 9.17) is 9.57 Å². The number of hydrogen-bond donors (Lipinski definition) is 0. The Labute approximate surface area is 283 Å². The van der Waals surface area contributed by atoms with Gasteiger partial charge in [0.15, 0.2) is 0 Å². The second kappa shape index (κ2) is 20.1. The topological polar surface area (TPSA) is 55.8 Å². The van der Waals surface area contributed by atoms with Crippen LogP contribution in [0.3, 0.4) is 0 Å². The fourth-order valence-corrected chi connectivity index (χ4v) is 6.31. The maximum atomic E-state index is 14.2. The fourth-order valence-electron chi connectivity index (χ4n) is 6.31. The molecule has 0 bridgehead atoms. The lowest BCUT2D eigenvalue weighted by molar-refractivity contribution is -0.0661. The maximum Gasteiger partial charge on any atom is 0.364 e. The molecule has 1 heterocycles.